The van der Waals surface area contributed by atoms with Crippen LogP contribution in [0.5, 0.6) is 0 Å². The molecule has 4 rings (SSSR count). The molecule has 0 radical (unpaired) electrons. The molecule has 0 bridgehead atoms. The van der Waals surface area contributed by atoms with Gasteiger partial charge in [0, 0.05) is 29.3 Å². The van der Waals surface area contributed by atoms with Crippen molar-refractivity contribution in [2.75, 3.05) is 0 Å². The van der Waals surface area contributed by atoms with E-state index in [9.17, 15) is 9.59 Å². The first-order chi connectivity index (χ1) is 14.2. The van der Waals surface area contributed by atoms with Gasteiger partial charge in [0.1, 0.15) is 0 Å². The van der Waals surface area contributed by atoms with E-state index >= 15 is 0 Å². The molecular formula is C26H29NO3. The maximum Gasteiger partial charge on any atom is 0.337 e. The van der Waals surface area contributed by atoms with Crippen LogP contribution in [-0.2, 0) is 14.3 Å². The van der Waals surface area contributed by atoms with Gasteiger partial charge in [-0.2, -0.15) is 0 Å². The summed E-state index contributed by atoms with van der Waals surface area (Å²) in [4.78, 5) is 26.6. The molecule has 0 saturated heterocycles. The standard InChI is InChI=1S/C26H29NO3/c1-15(2)30-25(29)22-16(3)27-20-13-26(4,5)14-21(28)24(20)23(22)19-12-8-10-17-9-6-7-11-18(17)19/h6-12,15,23,27H,13-14H2,1-5H3/t23-/m1/s1. The van der Waals surface area contributed by atoms with Crippen molar-refractivity contribution in [2.45, 2.75) is 59.5 Å². The number of nitrogens with one attached hydrogen (secondary N) is 1. The summed E-state index contributed by atoms with van der Waals surface area (Å²) in [6.45, 7) is 9.83. The van der Waals surface area contributed by atoms with Crippen LogP contribution in [0.4, 0.5) is 0 Å². The summed E-state index contributed by atoms with van der Waals surface area (Å²) in [7, 11) is 0. The minimum atomic E-state index is -0.429. The number of esters is 1. The third kappa shape index (κ3) is 3.55. The average Bonchev–Trinajstić information content (AvgIpc) is 2.64. The molecule has 2 aromatic rings. The summed E-state index contributed by atoms with van der Waals surface area (Å²) in [5.74, 6) is -0.687. The van der Waals surface area contributed by atoms with Gasteiger partial charge in [-0.15, -0.1) is 0 Å². The van der Waals surface area contributed by atoms with Crippen molar-refractivity contribution in [3.63, 3.8) is 0 Å². The molecule has 0 unspecified atom stereocenters. The lowest BCUT2D eigenvalue weighted by Gasteiger charge is -2.39. The number of carbonyl (C=O) groups excluding carboxylic acids is 2. The van der Waals surface area contributed by atoms with Crippen LogP contribution in [0.3, 0.4) is 0 Å². The second kappa shape index (κ2) is 7.42. The van der Waals surface area contributed by atoms with E-state index in [0.29, 0.717) is 17.6 Å². The molecule has 1 aliphatic carbocycles. The summed E-state index contributed by atoms with van der Waals surface area (Å²) in [6, 6.07) is 14.2. The number of carbonyl (C=O) groups is 2. The maximum absolute atomic E-state index is 13.4. The molecule has 0 aromatic heterocycles. The van der Waals surface area contributed by atoms with E-state index in [1.807, 2.05) is 45.0 Å². The van der Waals surface area contributed by atoms with Gasteiger partial charge in [-0.25, -0.2) is 4.79 Å². The van der Waals surface area contributed by atoms with E-state index in [1.54, 1.807) is 0 Å². The highest BCUT2D eigenvalue weighted by atomic mass is 16.5. The zero-order valence-corrected chi connectivity index (χ0v) is 18.3. The largest absolute Gasteiger partial charge is 0.460 e. The van der Waals surface area contributed by atoms with Gasteiger partial charge in [-0.05, 0) is 48.9 Å². The second-order valence-corrected chi connectivity index (χ2v) is 9.45. The van der Waals surface area contributed by atoms with E-state index in [1.165, 1.54) is 0 Å². The Hall–Kier alpha value is -2.88. The van der Waals surface area contributed by atoms with E-state index in [4.69, 9.17) is 4.74 Å². The Labute approximate surface area is 178 Å². The van der Waals surface area contributed by atoms with Gasteiger partial charge in [0.15, 0.2) is 5.78 Å². The van der Waals surface area contributed by atoms with Crippen molar-refractivity contribution in [2.24, 2.45) is 5.41 Å². The summed E-state index contributed by atoms with van der Waals surface area (Å²) >= 11 is 0. The molecule has 1 atom stereocenters. The Morgan fingerprint density at radius 1 is 1.10 bits per heavy atom. The van der Waals surface area contributed by atoms with Crippen molar-refractivity contribution in [1.29, 1.82) is 0 Å². The van der Waals surface area contributed by atoms with Crippen LogP contribution in [0.15, 0.2) is 65.0 Å². The van der Waals surface area contributed by atoms with Gasteiger partial charge in [0.05, 0.1) is 11.7 Å². The fraction of sp³-hybridized carbons (Fsp3) is 0.385. The Bertz CT molecular complexity index is 1100. The highest BCUT2D eigenvalue weighted by molar-refractivity contribution is 6.05. The molecule has 4 nitrogen and oxygen atoms in total. The third-order valence-corrected chi connectivity index (χ3v) is 5.94. The molecule has 1 aliphatic heterocycles. The number of fused-ring (bicyclic) bond motifs is 1. The highest BCUT2D eigenvalue weighted by Crippen LogP contribution is 2.48. The van der Waals surface area contributed by atoms with Gasteiger partial charge in [0.25, 0.3) is 0 Å². The topological polar surface area (TPSA) is 55.4 Å². The number of ketones is 1. The van der Waals surface area contributed by atoms with Crippen molar-refractivity contribution < 1.29 is 14.3 Å². The van der Waals surface area contributed by atoms with Gasteiger partial charge in [-0.3, -0.25) is 4.79 Å². The van der Waals surface area contributed by atoms with Gasteiger partial charge < -0.3 is 10.1 Å². The number of rotatable bonds is 3. The average molecular weight is 404 g/mol. The molecule has 0 spiro atoms. The van der Waals surface area contributed by atoms with Crippen LogP contribution >= 0.6 is 0 Å². The molecule has 0 amide bonds. The molecule has 0 saturated carbocycles. The zero-order chi connectivity index (χ0) is 21.6. The molecule has 0 fully saturated rings. The maximum atomic E-state index is 13.4. The number of hydrogen-bond acceptors (Lipinski definition) is 4. The molecule has 156 valence electrons. The smallest absolute Gasteiger partial charge is 0.337 e. The number of Topliss-reactive ketones (excluding diaryl/α,β-unsaturated/α-hetero) is 1. The summed E-state index contributed by atoms with van der Waals surface area (Å²) in [5, 5.41) is 5.54. The Kier molecular flexibility index (Phi) is 5.05. The lowest BCUT2D eigenvalue weighted by molar-refractivity contribution is -0.143. The van der Waals surface area contributed by atoms with Crippen LogP contribution in [0.25, 0.3) is 10.8 Å². The predicted octanol–water partition coefficient (Wildman–Crippen LogP) is 5.40. The third-order valence-electron chi connectivity index (χ3n) is 5.94. The van der Waals surface area contributed by atoms with E-state index in [0.717, 1.165) is 34.2 Å². The lowest BCUT2D eigenvalue weighted by Crippen LogP contribution is -2.39. The van der Waals surface area contributed by atoms with Crippen LogP contribution in [0, 0.1) is 5.41 Å². The number of ether oxygens (including phenoxy) is 1. The van der Waals surface area contributed by atoms with Crippen LogP contribution in [0.2, 0.25) is 0 Å². The van der Waals surface area contributed by atoms with Crippen molar-refractivity contribution in [3.05, 3.63) is 70.6 Å². The number of hydrogen-bond donors (Lipinski definition) is 1. The fourth-order valence-corrected chi connectivity index (χ4v) is 4.80. The van der Waals surface area contributed by atoms with Crippen LogP contribution in [-0.4, -0.2) is 17.9 Å². The summed E-state index contributed by atoms with van der Waals surface area (Å²) in [6.07, 6.45) is 1.02. The quantitative estimate of drug-likeness (QED) is 0.698. The molecule has 2 aliphatic rings. The predicted molar refractivity (Wildman–Crippen MR) is 119 cm³/mol. The highest BCUT2D eigenvalue weighted by Gasteiger charge is 2.43. The number of dihydropyridines is 1. The Morgan fingerprint density at radius 2 is 1.80 bits per heavy atom. The summed E-state index contributed by atoms with van der Waals surface area (Å²) in [5.41, 5.74) is 3.82. The molecule has 2 aromatic carbocycles. The van der Waals surface area contributed by atoms with Gasteiger partial charge in [0.2, 0.25) is 0 Å². The van der Waals surface area contributed by atoms with Crippen LogP contribution < -0.4 is 5.32 Å². The molecule has 1 heterocycles. The van der Waals surface area contributed by atoms with E-state index in [2.05, 4.69) is 37.4 Å². The zero-order valence-electron chi connectivity index (χ0n) is 18.3. The molecule has 4 heteroatoms. The SMILES string of the molecule is CC1=C(C(=O)OC(C)C)[C@@H](c2cccc3ccccc23)C2=C(CC(C)(C)CC2=O)N1. The number of benzene rings is 2. The number of allylic oxidation sites excluding steroid dienone is 3. The summed E-state index contributed by atoms with van der Waals surface area (Å²) < 4.78 is 5.61. The Balaban J connectivity index is 1.96. The van der Waals surface area contributed by atoms with Gasteiger partial charge >= 0.3 is 5.97 Å². The van der Waals surface area contributed by atoms with E-state index in [-0.39, 0.29) is 23.3 Å². The molecule has 1 N–H and O–H groups in total. The second-order valence-electron chi connectivity index (χ2n) is 9.45. The minimum absolute atomic E-state index is 0.106. The first-order valence-electron chi connectivity index (χ1n) is 10.6. The minimum Gasteiger partial charge on any atom is -0.460 e. The van der Waals surface area contributed by atoms with Gasteiger partial charge in [-0.1, -0.05) is 56.3 Å². The molecule has 30 heavy (non-hydrogen) atoms. The fourth-order valence-electron chi connectivity index (χ4n) is 4.80. The monoisotopic (exact) mass is 403 g/mol. The van der Waals surface area contributed by atoms with Crippen molar-refractivity contribution >= 4 is 22.5 Å². The first kappa shape index (κ1) is 20.4. The molecular weight excluding hydrogens is 374 g/mol. The van der Waals surface area contributed by atoms with Crippen LogP contribution in [0.1, 0.15) is 58.9 Å². The van der Waals surface area contributed by atoms with Crippen molar-refractivity contribution in [3.8, 4) is 0 Å². The first-order valence-corrected chi connectivity index (χ1v) is 10.6. The van der Waals surface area contributed by atoms with Crippen molar-refractivity contribution in [1.82, 2.24) is 5.32 Å². The normalized spacial score (nSPS) is 21.0. The lowest BCUT2D eigenvalue weighted by atomic mass is 9.68. The Morgan fingerprint density at radius 3 is 2.53 bits per heavy atom. The van der Waals surface area contributed by atoms with E-state index < -0.39 is 5.92 Å².